The Bertz CT molecular complexity index is 766. The first-order chi connectivity index (χ1) is 8.79. The van der Waals surface area contributed by atoms with Gasteiger partial charge in [0.1, 0.15) is 11.6 Å². The van der Waals surface area contributed by atoms with E-state index in [1.165, 1.54) is 0 Å². The maximum absolute atomic E-state index is 8.89. The highest BCUT2D eigenvalue weighted by Crippen LogP contribution is 2.15. The van der Waals surface area contributed by atoms with E-state index in [9.17, 15) is 0 Å². The second-order valence-corrected chi connectivity index (χ2v) is 3.90. The minimum atomic E-state index is 0.572. The van der Waals surface area contributed by atoms with Gasteiger partial charge in [0.05, 0.1) is 16.8 Å². The molecule has 0 unspecified atom stereocenters. The molecule has 2 heterocycles. The summed E-state index contributed by atoms with van der Waals surface area (Å²) in [5.74, 6) is 0.667. The molecule has 2 aromatic heterocycles. The van der Waals surface area contributed by atoms with E-state index < -0.39 is 0 Å². The lowest BCUT2D eigenvalue weighted by Gasteiger charge is -2.03. The fourth-order valence-electron chi connectivity index (χ4n) is 1.82. The van der Waals surface area contributed by atoms with Gasteiger partial charge in [0.2, 0.25) is 0 Å². The van der Waals surface area contributed by atoms with Crippen LogP contribution in [-0.2, 0) is 0 Å². The Kier molecular flexibility index (Phi) is 2.27. The van der Waals surface area contributed by atoms with Crippen LogP contribution in [0.15, 0.2) is 36.4 Å². The van der Waals surface area contributed by atoms with Crippen LogP contribution in [0.4, 0.5) is 0 Å². The van der Waals surface area contributed by atoms with Crippen molar-refractivity contribution in [1.82, 2.24) is 20.0 Å². The van der Waals surface area contributed by atoms with Crippen molar-refractivity contribution in [3.8, 4) is 11.9 Å². The van der Waals surface area contributed by atoms with Crippen molar-refractivity contribution in [3.63, 3.8) is 0 Å². The van der Waals surface area contributed by atoms with E-state index >= 15 is 0 Å². The lowest BCUT2D eigenvalue weighted by atomic mass is 10.2. The van der Waals surface area contributed by atoms with Crippen LogP contribution in [0.2, 0.25) is 0 Å². The average molecular weight is 235 g/mol. The Morgan fingerprint density at radius 2 is 2.00 bits per heavy atom. The molecule has 0 saturated carbocycles. The quantitative estimate of drug-likeness (QED) is 0.647. The van der Waals surface area contributed by atoms with Crippen molar-refractivity contribution >= 4 is 11.0 Å². The predicted molar refractivity (Wildman–Crippen MR) is 66.1 cm³/mol. The molecule has 5 heteroatoms. The summed E-state index contributed by atoms with van der Waals surface area (Å²) in [4.78, 5) is 4.37. The van der Waals surface area contributed by atoms with Gasteiger partial charge in [-0.1, -0.05) is 17.3 Å². The summed E-state index contributed by atoms with van der Waals surface area (Å²) in [6, 6.07) is 13.3. The Morgan fingerprint density at radius 1 is 1.17 bits per heavy atom. The third-order valence-electron chi connectivity index (χ3n) is 2.76. The van der Waals surface area contributed by atoms with Crippen molar-refractivity contribution < 1.29 is 0 Å². The summed E-state index contributed by atoms with van der Waals surface area (Å²) >= 11 is 0. The molecule has 0 bridgehead atoms. The van der Waals surface area contributed by atoms with E-state index in [4.69, 9.17) is 5.26 Å². The van der Waals surface area contributed by atoms with Gasteiger partial charge in [-0.15, -0.1) is 5.10 Å². The minimum Gasteiger partial charge on any atom is -0.233 e. The number of aromatic nitrogens is 4. The number of benzene rings is 1. The van der Waals surface area contributed by atoms with E-state index in [2.05, 4.69) is 21.4 Å². The molecule has 0 aliphatic heterocycles. The van der Waals surface area contributed by atoms with Crippen molar-refractivity contribution in [3.05, 3.63) is 47.7 Å². The maximum Gasteiger partial charge on any atom is 0.156 e. The molecular weight excluding hydrogens is 226 g/mol. The molecular formula is C13H9N5. The fourth-order valence-corrected chi connectivity index (χ4v) is 1.82. The first-order valence-corrected chi connectivity index (χ1v) is 5.48. The number of pyridine rings is 1. The summed E-state index contributed by atoms with van der Waals surface area (Å²) < 4.78 is 1.67. The fraction of sp³-hybridized carbons (Fsp3) is 0.0769. The first-order valence-electron chi connectivity index (χ1n) is 5.48. The maximum atomic E-state index is 8.89. The molecule has 18 heavy (non-hydrogen) atoms. The van der Waals surface area contributed by atoms with E-state index in [1.807, 2.05) is 24.3 Å². The minimum absolute atomic E-state index is 0.572. The molecule has 3 aromatic rings. The highest BCUT2D eigenvalue weighted by molar-refractivity contribution is 5.75. The molecule has 86 valence electrons. The van der Waals surface area contributed by atoms with Crippen LogP contribution < -0.4 is 0 Å². The molecule has 3 rings (SSSR count). The number of nitrogens with zero attached hydrogens (tertiary/aromatic N) is 5. The number of hydrogen-bond donors (Lipinski definition) is 0. The molecule has 0 saturated heterocycles. The third-order valence-corrected chi connectivity index (χ3v) is 2.76. The molecule has 0 aliphatic rings. The topological polar surface area (TPSA) is 67.4 Å². The summed E-state index contributed by atoms with van der Waals surface area (Å²) in [5, 5.41) is 17.0. The van der Waals surface area contributed by atoms with Crippen molar-refractivity contribution in [2.24, 2.45) is 0 Å². The second-order valence-electron chi connectivity index (χ2n) is 3.90. The van der Waals surface area contributed by atoms with Crippen LogP contribution in [0, 0.1) is 18.3 Å². The average Bonchev–Trinajstić information content (AvgIpc) is 2.82. The Hall–Kier alpha value is -2.74. The molecule has 0 N–H and O–H groups in total. The number of rotatable bonds is 1. The van der Waals surface area contributed by atoms with Crippen LogP contribution in [0.5, 0.6) is 0 Å². The SMILES string of the molecule is Cc1nc(-n2nnc3ccccc32)ccc1C#N. The summed E-state index contributed by atoms with van der Waals surface area (Å²) in [7, 11) is 0. The lowest BCUT2D eigenvalue weighted by molar-refractivity contribution is 0.797. The molecule has 5 nitrogen and oxygen atoms in total. The number of nitriles is 1. The molecule has 0 radical (unpaired) electrons. The molecule has 1 aromatic carbocycles. The summed E-state index contributed by atoms with van der Waals surface area (Å²) in [5.41, 5.74) is 2.98. The summed E-state index contributed by atoms with van der Waals surface area (Å²) in [6.45, 7) is 1.81. The molecule has 0 fully saturated rings. The molecule has 0 atom stereocenters. The van der Waals surface area contributed by atoms with E-state index in [-0.39, 0.29) is 0 Å². The van der Waals surface area contributed by atoms with E-state index in [0.29, 0.717) is 17.1 Å². The van der Waals surface area contributed by atoms with Gasteiger partial charge in [0.25, 0.3) is 0 Å². The highest BCUT2D eigenvalue weighted by atomic mass is 15.4. The first kappa shape index (κ1) is 10.4. The number of para-hydroxylation sites is 1. The van der Waals surface area contributed by atoms with Gasteiger partial charge < -0.3 is 0 Å². The van der Waals surface area contributed by atoms with E-state index in [0.717, 1.165) is 11.0 Å². The van der Waals surface area contributed by atoms with Gasteiger partial charge in [-0.05, 0) is 31.2 Å². The third kappa shape index (κ3) is 1.52. The van der Waals surface area contributed by atoms with Gasteiger partial charge >= 0.3 is 0 Å². The highest BCUT2D eigenvalue weighted by Gasteiger charge is 2.08. The van der Waals surface area contributed by atoms with Crippen LogP contribution >= 0.6 is 0 Å². The van der Waals surface area contributed by atoms with Crippen molar-refractivity contribution in [2.45, 2.75) is 6.92 Å². The zero-order valence-electron chi connectivity index (χ0n) is 9.70. The van der Waals surface area contributed by atoms with E-state index in [1.54, 1.807) is 23.7 Å². The largest absolute Gasteiger partial charge is 0.233 e. The zero-order valence-corrected chi connectivity index (χ0v) is 9.70. The lowest BCUT2D eigenvalue weighted by Crippen LogP contribution is -2.01. The molecule has 0 aliphatic carbocycles. The van der Waals surface area contributed by atoms with Crippen LogP contribution in [-0.4, -0.2) is 20.0 Å². The monoisotopic (exact) mass is 235 g/mol. The zero-order chi connectivity index (χ0) is 12.5. The standard InChI is InChI=1S/C13H9N5/c1-9-10(8-14)6-7-13(15-9)18-12-5-3-2-4-11(12)16-17-18/h2-7H,1H3. The smallest absolute Gasteiger partial charge is 0.156 e. The molecule has 0 amide bonds. The van der Waals surface area contributed by atoms with Crippen LogP contribution in [0.25, 0.3) is 16.9 Å². The number of aryl methyl sites for hydroxylation is 1. The second kappa shape index (κ2) is 3.93. The Labute approximate surface area is 103 Å². The van der Waals surface area contributed by atoms with Crippen molar-refractivity contribution in [2.75, 3.05) is 0 Å². The van der Waals surface area contributed by atoms with Gasteiger partial charge in [-0.3, -0.25) is 0 Å². The van der Waals surface area contributed by atoms with Gasteiger partial charge in [-0.2, -0.15) is 9.94 Å². The summed E-state index contributed by atoms with van der Waals surface area (Å²) in [6.07, 6.45) is 0. The van der Waals surface area contributed by atoms with Gasteiger partial charge in [0, 0.05) is 0 Å². The van der Waals surface area contributed by atoms with Crippen molar-refractivity contribution in [1.29, 1.82) is 5.26 Å². The predicted octanol–water partition coefficient (Wildman–Crippen LogP) is 2.00. The molecule has 0 spiro atoms. The van der Waals surface area contributed by atoms with Gasteiger partial charge in [-0.25, -0.2) is 4.98 Å². The Balaban J connectivity index is 2.21. The van der Waals surface area contributed by atoms with Crippen LogP contribution in [0.3, 0.4) is 0 Å². The van der Waals surface area contributed by atoms with Crippen LogP contribution in [0.1, 0.15) is 11.3 Å². The van der Waals surface area contributed by atoms with Gasteiger partial charge in [0.15, 0.2) is 5.82 Å². The Morgan fingerprint density at radius 3 is 2.78 bits per heavy atom. The number of hydrogen-bond acceptors (Lipinski definition) is 4. The number of fused-ring (bicyclic) bond motifs is 1. The normalized spacial score (nSPS) is 10.4.